The number of H-pyrrole nitrogens is 1. The highest BCUT2D eigenvalue weighted by Crippen LogP contribution is 2.33. The lowest BCUT2D eigenvalue weighted by molar-refractivity contribution is -0.123. The minimum atomic E-state index is -0.975. The van der Waals surface area contributed by atoms with Crippen LogP contribution in [-0.4, -0.2) is 49.1 Å². The molecule has 0 spiro atoms. The molecule has 32 heavy (non-hydrogen) atoms. The standard InChI is InChI=1S/C22H27N5O5/c1-12-6-8-27(9-7-12)22-25-19-18(21(30)26-22)14(11-17(28)24-19)20(29)23-15-5-4-13(31-2)10-16(15)32-3/h4-5,10,12,14H,6-9,11H2,1-3H3,(H,23,29)(H2,24,25,26,28,30). The Morgan fingerprint density at radius 2 is 1.94 bits per heavy atom. The third-order valence-electron chi connectivity index (χ3n) is 6.00. The Morgan fingerprint density at radius 1 is 1.19 bits per heavy atom. The molecule has 10 heteroatoms. The summed E-state index contributed by atoms with van der Waals surface area (Å²) in [6.45, 7) is 3.75. The Labute approximate surface area is 185 Å². The molecule has 1 atom stereocenters. The first-order chi connectivity index (χ1) is 15.4. The van der Waals surface area contributed by atoms with E-state index in [-0.39, 0.29) is 23.7 Å². The molecule has 0 radical (unpaired) electrons. The predicted molar refractivity (Wildman–Crippen MR) is 120 cm³/mol. The predicted octanol–water partition coefficient (Wildman–Crippen LogP) is 2.09. The molecule has 0 bridgehead atoms. The highest BCUT2D eigenvalue weighted by Gasteiger charge is 2.35. The van der Waals surface area contributed by atoms with Crippen LogP contribution in [0.15, 0.2) is 23.0 Å². The van der Waals surface area contributed by atoms with E-state index < -0.39 is 17.4 Å². The molecule has 3 N–H and O–H groups in total. The first-order valence-electron chi connectivity index (χ1n) is 10.6. The summed E-state index contributed by atoms with van der Waals surface area (Å²) in [4.78, 5) is 47.7. The molecule has 1 saturated heterocycles. The van der Waals surface area contributed by atoms with Crippen LogP contribution in [0.25, 0.3) is 0 Å². The van der Waals surface area contributed by atoms with Gasteiger partial charge in [-0.25, -0.2) is 0 Å². The number of carbonyl (C=O) groups excluding carboxylic acids is 2. The molecule has 10 nitrogen and oxygen atoms in total. The minimum Gasteiger partial charge on any atom is -0.497 e. The van der Waals surface area contributed by atoms with Gasteiger partial charge in [-0.05, 0) is 30.9 Å². The average molecular weight is 441 g/mol. The molecule has 0 aliphatic carbocycles. The summed E-state index contributed by atoms with van der Waals surface area (Å²) >= 11 is 0. The number of methoxy groups -OCH3 is 2. The quantitative estimate of drug-likeness (QED) is 0.649. The maximum atomic E-state index is 13.1. The third-order valence-corrected chi connectivity index (χ3v) is 6.00. The molecule has 1 aromatic heterocycles. The summed E-state index contributed by atoms with van der Waals surface area (Å²) in [7, 11) is 3.01. The normalized spacial score (nSPS) is 18.5. The molecule has 2 aliphatic heterocycles. The summed E-state index contributed by atoms with van der Waals surface area (Å²) in [5.41, 5.74) is 0.142. The molecule has 1 aromatic carbocycles. The van der Waals surface area contributed by atoms with Crippen molar-refractivity contribution >= 4 is 29.3 Å². The van der Waals surface area contributed by atoms with E-state index in [1.807, 2.05) is 4.90 Å². The number of anilines is 3. The van der Waals surface area contributed by atoms with Crippen LogP contribution in [-0.2, 0) is 9.59 Å². The molecule has 1 fully saturated rings. The maximum absolute atomic E-state index is 13.1. The maximum Gasteiger partial charge on any atom is 0.258 e. The molecule has 4 rings (SSSR count). The van der Waals surface area contributed by atoms with Gasteiger partial charge in [-0.15, -0.1) is 0 Å². The van der Waals surface area contributed by atoms with Crippen LogP contribution < -0.4 is 30.6 Å². The zero-order chi connectivity index (χ0) is 22.8. The number of ether oxygens (including phenoxy) is 2. The number of fused-ring (bicyclic) bond motifs is 1. The van der Waals surface area contributed by atoms with E-state index in [0.717, 1.165) is 25.9 Å². The first kappa shape index (κ1) is 21.7. The van der Waals surface area contributed by atoms with Crippen molar-refractivity contribution in [3.8, 4) is 11.5 Å². The van der Waals surface area contributed by atoms with Crippen molar-refractivity contribution in [2.75, 3.05) is 42.8 Å². The lowest BCUT2D eigenvalue weighted by Crippen LogP contribution is -2.39. The second-order valence-electron chi connectivity index (χ2n) is 8.18. The third kappa shape index (κ3) is 4.25. The van der Waals surface area contributed by atoms with Crippen LogP contribution in [0.2, 0.25) is 0 Å². The smallest absolute Gasteiger partial charge is 0.258 e. The van der Waals surface area contributed by atoms with Crippen LogP contribution in [0.5, 0.6) is 11.5 Å². The minimum absolute atomic E-state index is 0.139. The zero-order valence-electron chi connectivity index (χ0n) is 18.4. The van der Waals surface area contributed by atoms with Gasteiger partial charge < -0.3 is 25.0 Å². The highest BCUT2D eigenvalue weighted by molar-refractivity contribution is 6.05. The van der Waals surface area contributed by atoms with Crippen LogP contribution in [0.4, 0.5) is 17.5 Å². The van der Waals surface area contributed by atoms with Crippen LogP contribution >= 0.6 is 0 Å². The van der Waals surface area contributed by atoms with Crippen LogP contribution in [0.3, 0.4) is 0 Å². The molecular formula is C22H27N5O5. The average Bonchev–Trinajstić information content (AvgIpc) is 2.78. The summed E-state index contributed by atoms with van der Waals surface area (Å²) in [5.74, 6) is 0.323. The van der Waals surface area contributed by atoms with Crippen molar-refractivity contribution < 1.29 is 19.1 Å². The van der Waals surface area contributed by atoms with Crippen molar-refractivity contribution in [3.63, 3.8) is 0 Å². The second-order valence-corrected chi connectivity index (χ2v) is 8.18. The van der Waals surface area contributed by atoms with Crippen LogP contribution in [0, 0.1) is 5.92 Å². The molecule has 1 unspecified atom stereocenters. The van der Waals surface area contributed by atoms with Gasteiger partial charge in [0.15, 0.2) is 0 Å². The fraction of sp³-hybridized carbons (Fsp3) is 0.455. The fourth-order valence-electron chi connectivity index (χ4n) is 4.08. The van der Waals surface area contributed by atoms with E-state index in [9.17, 15) is 14.4 Å². The molecule has 170 valence electrons. The number of rotatable bonds is 5. The summed E-state index contributed by atoms with van der Waals surface area (Å²) in [6, 6.07) is 4.96. The molecule has 0 saturated carbocycles. The van der Waals surface area contributed by atoms with Gasteiger partial charge in [0.1, 0.15) is 17.3 Å². The Hall–Kier alpha value is -3.56. The molecule has 2 aliphatic rings. The van der Waals surface area contributed by atoms with Crippen molar-refractivity contribution in [3.05, 3.63) is 34.1 Å². The van der Waals surface area contributed by atoms with Gasteiger partial charge in [-0.3, -0.25) is 19.4 Å². The lowest BCUT2D eigenvalue weighted by Gasteiger charge is -2.31. The van der Waals surface area contributed by atoms with Crippen molar-refractivity contribution in [1.82, 2.24) is 9.97 Å². The number of hydrogen-bond donors (Lipinski definition) is 3. The van der Waals surface area contributed by atoms with E-state index in [4.69, 9.17) is 9.47 Å². The van der Waals surface area contributed by atoms with Crippen LogP contribution in [0.1, 0.15) is 37.7 Å². The van der Waals surface area contributed by atoms with Crippen molar-refractivity contribution in [2.24, 2.45) is 5.92 Å². The van der Waals surface area contributed by atoms with Gasteiger partial charge >= 0.3 is 0 Å². The van der Waals surface area contributed by atoms with E-state index in [2.05, 4.69) is 27.5 Å². The van der Waals surface area contributed by atoms with E-state index >= 15 is 0 Å². The fourth-order valence-corrected chi connectivity index (χ4v) is 4.08. The SMILES string of the molecule is COc1ccc(NC(=O)C2CC(=O)Nc3nc(N4CCC(C)CC4)[nH]c(=O)c32)c(OC)c1. The zero-order valence-corrected chi connectivity index (χ0v) is 18.4. The lowest BCUT2D eigenvalue weighted by atomic mass is 9.92. The summed E-state index contributed by atoms with van der Waals surface area (Å²) in [6.07, 6.45) is 1.85. The Morgan fingerprint density at radius 3 is 2.62 bits per heavy atom. The number of aromatic nitrogens is 2. The van der Waals surface area contributed by atoms with Crippen molar-refractivity contribution in [1.29, 1.82) is 0 Å². The van der Waals surface area contributed by atoms with Crippen molar-refractivity contribution in [2.45, 2.75) is 32.1 Å². The summed E-state index contributed by atoms with van der Waals surface area (Å²) < 4.78 is 10.5. The second kappa shape index (κ2) is 8.89. The van der Waals surface area contributed by atoms with Gasteiger partial charge in [-0.2, -0.15) is 4.98 Å². The van der Waals surface area contributed by atoms with Gasteiger partial charge in [0, 0.05) is 25.6 Å². The first-order valence-corrected chi connectivity index (χ1v) is 10.6. The van der Waals surface area contributed by atoms with E-state index in [1.54, 1.807) is 18.2 Å². The molecule has 2 aromatic rings. The Bertz CT molecular complexity index is 1090. The number of amides is 2. The molecule has 3 heterocycles. The number of nitrogens with zero attached hydrogens (tertiary/aromatic N) is 2. The van der Waals surface area contributed by atoms with Gasteiger partial charge in [0.05, 0.1) is 31.4 Å². The highest BCUT2D eigenvalue weighted by atomic mass is 16.5. The number of hydrogen-bond acceptors (Lipinski definition) is 7. The summed E-state index contributed by atoms with van der Waals surface area (Å²) in [5, 5.41) is 5.42. The number of piperidine rings is 1. The monoisotopic (exact) mass is 441 g/mol. The number of nitrogens with one attached hydrogen (secondary N) is 3. The van der Waals surface area contributed by atoms with Gasteiger partial charge in [0.25, 0.3) is 5.56 Å². The number of benzene rings is 1. The molecular weight excluding hydrogens is 414 g/mol. The van der Waals surface area contributed by atoms with Gasteiger partial charge in [-0.1, -0.05) is 6.92 Å². The number of aromatic amines is 1. The van der Waals surface area contributed by atoms with E-state index in [1.165, 1.54) is 14.2 Å². The van der Waals surface area contributed by atoms with E-state index in [0.29, 0.717) is 29.1 Å². The Balaban J connectivity index is 1.62. The Kier molecular flexibility index (Phi) is 6.02. The molecule has 2 amide bonds. The topological polar surface area (TPSA) is 126 Å². The van der Waals surface area contributed by atoms with Gasteiger partial charge in [0.2, 0.25) is 17.8 Å². The largest absolute Gasteiger partial charge is 0.497 e. The number of carbonyl (C=O) groups is 2.